The average Bonchev–Trinajstić information content (AvgIpc) is 3.21. The van der Waals surface area contributed by atoms with Crippen molar-refractivity contribution >= 4 is 17.7 Å². The summed E-state index contributed by atoms with van der Waals surface area (Å²) >= 11 is 0. The highest BCUT2D eigenvalue weighted by Crippen LogP contribution is 2.25. The van der Waals surface area contributed by atoms with Crippen molar-refractivity contribution in [3.63, 3.8) is 0 Å². The fraction of sp³-hybridized carbons (Fsp3) is 0.444. The molecule has 0 aliphatic carbocycles. The van der Waals surface area contributed by atoms with Crippen LogP contribution in [0.15, 0.2) is 66.7 Å². The fourth-order valence-corrected chi connectivity index (χ4v) is 4.18. The zero-order valence-electron chi connectivity index (χ0n) is 27.5. The molecular weight excluding hydrogens is 524 g/mol. The molecule has 1 heterocycles. The minimum Gasteiger partial charge on any atom is -0.488 e. The van der Waals surface area contributed by atoms with E-state index in [0.29, 0.717) is 37.4 Å². The lowest BCUT2D eigenvalue weighted by atomic mass is 10.0. The molecule has 230 valence electrons. The third-order valence-electron chi connectivity index (χ3n) is 6.04. The maximum atomic E-state index is 13.2. The van der Waals surface area contributed by atoms with Crippen LogP contribution >= 0.6 is 0 Å². The highest BCUT2D eigenvalue weighted by atomic mass is 16.6. The number of hydrogen-bond acceptors (Lipinski definition) is 4. The van der Waals surface area contributed by atoms with Crippen molar-refractivity contribution in [2.75, 3.05) is 18.4 Å². The van der Waals surface area contributed by atoms with Crippen molar-refractivity contribution in [2.45, 2.75) is 94.3 Å². The lowest BCUT2D eigenvalue weighted by molar-refractivity contribution is 0.0258. The maximum absolute atomic E-state index is 13.2. The minimum absolute atomic E-state index is 0.220. The van der Waals surface area contributed by atoms with Crippen molar-refractivity contribution in [1.82, 2.24) is 4.90 Å². The van der Waals surface area contributed by atoms with Gasteiger partial charge in [-0.3, -0.25) is 4.79 Å². The van der Waals surface area contributed by atoms with Crippen molar-refractivity contribution in [3.05, 3.63) is 94.5 Å². The number of amides is 2. The van der Waals surface area contributed by atoms with Gasteiger partial charge >= 0.3 is 6.09 Å². The van der Waals surface area contributed by atoms with E-state index in [1.54, 1.807) is 11.0 Å². The Kier molecular flexibility index (Phi) is 16.0. The van der Waals surface area contributed by atoms with Crippen molar-refractivity contribution in [1.29, 1.82) is 0 Å². The maximum Gasteiger partial charge on any atom is 0.410 e. The van der Waals surface area contributed by atoms with Crippen LogP contribution in [0, 0.1) is 6.92 Å². The summed E-state index contributed by atoms with van der Waals surface area (Å²) in [5, 5.41) is 3.03. The zero-order valence-corrected chi connectivity index (χ0v) is 27.5. The summed E-state index contributed by atoms with van der Waals surface area (Å²) in [5.74, 6) is 0.334. The second-order valence-corrected chi connectivity index (χ2v) is 10.2. The van der Waals surface area contributed by atoms with Crippen LogP contribution in [-0.4, -0.2) is 35.6 Å². The zero-order chi connectivity index (χ0) is 31.7. The molecule has 4 rings (SSSR count). The third kappa shape index (κ3) is 11.6. The summed E-state index contributed by atoms with van der Waals surface area (Å²) in [6.45, 7) is 21.2. The number of carbonyl (C=O) groups excluding carboxylic acids is 2. The van der Waals surface area contributed by atoms with Gasteiger partial charge in [-0.25, -0.2) is 4.79 Å². The van der Waals surface area contributed by atoms with Crippen LogP contribution in [-0.2, 0) is 24.2 Å². The molecule has 3 aromatic rings. The molecule has 1 aliphatic heterocycles. The number of fused-ring (bicyclic) bond motifs is 1. The topological polar surface area (TPSA) is 67.9 Å². The molecular formula is C36H52N2O4. The Hall–Kier alpha value is -3.80. The molecule has 6 nitrogen and oxygen atoms in total. The van der Waals surface area contributed by atoms with Crippen molar-refractivity contribution in [3.8, 4) is 5.75 Å². The molecule has 0 radical (unpaired) electrons. The molecule has 0 bridgehead atoms. The predicted molar refractivity (Wildman–Crippen MR) is 176 cm³/mol. The fourth-order valence-electron chi connectivity index (χ4n) is 4.18. The van der Waals surface area contributed by atoms with Crippen LogP contribution in [0.2, 0.25) is 0 Å². The Labute approximate surface area is 254 Å². The SMILES string of the molecule is CC.CC.CC.Cc1ccc(C(=O)Nc2ccc3c(c2)CCN(C(=O)OC(C)(C)C)CC3)c(OCc2ccccc2)c1. The quantitative estimate of drug-likeness (QED) is 0.329. The second kappa shape index (κ2) is 18.6. The standard InChI is InChI=1S/C30H34N2O4.3C2H6/c1-21-10-13-26(27(18-21)35-20-22-8-6-5-7-9-22)28(33)31-25-12-11-23-14-16-32(17-15-24(23)19-25)29(34)36-30(2,3)4;3*1-2/h5-13,18-19H,14-17,20H2,1-4H3,(H,31,33);3*1-2H3. The Morgan fingerprint density at radius 3 is 2.05 bits per heavy atom. The molecule has 1 aliphatic rings. The minimum atomic E-state index is -0.521. The van der Waals surface area contributed by atoms with Gasteiger partial charge in [-0.1, -0.05) is 84.0 Å². The van der Waals surface area contributed by atoms with Gasteiger partial charge in [-0.05, 0) is 87.1 Å². The molecule has 42 heavy (non-hydrogen) atoms. The number of ether oxygens (including phenoxy) is 2. The molecule has 0 fully saturated rings. The molecule has 6 heteroatoms. The van der Waals surface area contributed by atoms with E-state index in [2.05, 4.69) is 5.32 Å². The van der Waals surface area contributed by atoms with Crippen molar-refractivity contribution < 1.29 is 19.1 Å². The first-order valence-corrected chi connectivity index (χ1v) is 15.4. The highest BCUT2D eigenvalue weighted by molar-refractivity contribution is 6.06. The van der Waals surface area contributed by atoms with Crippen LogP contribution in [0.5, 0.6) is 5.75 Å². The van der Waals surface area contributed by atoms with Gasteiger partial charge in [0.1, 0.15) is 18.0 Å². The molecule has 0 saturated carbocycles. The van der Waals surface area contributed by atoms with E-state index < -0.39 is 5.60 Å². The first kappa shape index (κ1) is 36.2. The van der Waals surface area contributed by atoms with Gasteiger partial charge < -0.3 is 19.7 Å². The molecule has 0 unspecified atom stereocenters. The van der Waals surface area contributed by atoms with Gasteiger partial charge in [0.15, 0.2) is 0 Å². The predicted octanol–water partition coefficient (Wildman–Crippen LogP) is 9.24. The Bertz CT molecular complexity index is 1230. The molecule has 2 amide bonds. The van der Waals surface area contributed by atoms with Crippen LogP contribution in [0.25, 0.3) is 0 Å². The van der Waals surface area contributed by atoms with Gasteiger partial charge in [0.05, 0.1) is 5.56 Å². The first-order valence-electron chi connectivity index (χ1n) is 15.4. The van der Waals surface area contributed by atoms with Gasteiger partial charge in [-0.2, -0.15) is 0 Å². The number of nitrogens with one attached hydrogen (secondary N) is 1. The summed E-state index contributed by atoms with van der Waals surface area (Å²) < 4.78 is 11.6. The number of nitrogens with zero attached hydrogens (tertiary/aromatic N) is 1. The number of anilines is 1. The first-order chi connectivity index (χ1) is 20.2. The van der Waals surface area contributed by atoms with E-state index in [4.69, 9.17) is 9.47 Å². The third-order valence-corrected chi connectivity index (χ3v) is 6.04. The molecule has 0 spiro atoms. The number of aryl methyl sites for hydroxylation is 1. The van der Waals surface area contributed by atoms with E-state index in [-0.39, 0.29) is 12.0 Å². The lowest BCUT2D eigenvalue weighted by Gasteiger charge is -2.26. The van der Waals surface area contributed by atoms with E-state index in [1.807, 2.05) is 130 Å². The van der Waals surface area contributed by atoms with Crippen molar-refractivity contribution in [2.24, 2.45) is 0 Å². The van der Waals surface area contributed by atoms with E-state index in [9.17, 15) is 9.59 Å². The second-order valence-electron chi connectivity index (χ2n) is 10.2. The van der Waals surface area contributed by atoms with E-state index in [1.165, 1.54) is 5.56 Å². The Morgan fingerprint density at radius 2 is 1.43 bits per heavy atom. The summed E-state index contributed by atoms with van der Waals surface area (Å²) in [7, 11) is 0. The van der Waals surface area contributed by atoms with Gasteiger partial charge in [0.25, 0.3) is 5.91 Å². The normalized spacial score (nSPS) is 11.9. The Morgan fingerprint density at radius 1 is 0.810 bits per heavy atom. The molecule has 1 N–H and O–H groups in total. The Balaban J connectivity index is 0.00000138. The van der Waals surface area contributed by atoms with Crippen LogP contribution in [0.3, 0.4) is 0 Å². The lowest BCUT2D eigenvalue weighted by Crippen LogP contribution is -2.38. The number of carbonyl (C=O) groups is 2. The number of hydrogen-bond donors (Lipinski definition) is 1. The summed E-state index contributed by atoms with van der Waals surface area (Å²) in [4.78, 5) is 27.5. The van der Waals surface area contributed by atoms with Gasteiger partial charge in [0, 0.05) is 18.8 Å². The number of rotatable bonds is 5. The number of benzene rings is 3. The molecule has 0 saturated heterocycles. The molecule has 0 atom stereocenters. The van der Waals surface area contributed by atoms with Crippen LogP contribution < -0.4 is 10.1 Å². The van der Waals surface area contributed by atoms with Gasteiger partial charge in [-0.15, -0.1) is 0 Å². The van der Waals surface area contributed by atoms with E-state index >= 15 is 0 Å². The van der Waals surface area contributed by atoms with Gasteiger partial charge in [0.2, 0.25) is 0 Å². The highest BCUT2D eigenvalue weighted by Gasteiger charge is 2.24. The molecule has 0 aromatic heterocycles. The molecule has 3 aromatic carbocycles. The van der Waals surface area contributed by atoms with Crippen LogP contribution in [0.1, 0.15) is 94.9 Å². The van der Waals surface area contributed by atoms with E-state index in [0.717, 1.165) is 28.8 Å². The van der Waals surface area contributed by atoms with Crippen LogP contribution in [0.4, 0.5) is 10.5 Å². The largest absolute Gasteiger partial charge is 0.488 e. The smallest absolute Gasteiger partial charge is 0.410 e. The summed E-state index contributed by atoms with van der Waals surface area (Å²) in [6.07, 6.45) is 1.16. The average molecular weight is 577 g/mol. The summed E-state index contributed by atoms with van der Waals surface area (Å²) in [6, 6.07) is 21.4. The monoisotopic (exact) mass is 576 g/mol. The summed E-state index contributed by atoms with van der Waals surface area (Å²) in [5.41, 5.74) is 5.06.